The smallest absolute Gasteiger partial charge is 0.311 e. The molecule has 4 rings (SSSR count). The van der Waals surface area contributed by atoms with Crippen molar-refractivity contribution in [3.63, 3.8) is 0 Å². The van der Waals surface area contributed by atoms with Gasteiger partial charge in [-0.1, -0.05) is 0 Å². The average Bonchev–Trinajstić information content (AvgIpc) is 2.86. The number of carbonyl (C=O) groups is 2. The second-order valence-corrected chi connectivity index (χ2v) is 7.31. The largest absolute Gasteiger partial charge is 0.469 e. The Balaban J connectivity index is 1.42. The summed E-state index contributed by atoms with van der Waals surface area (Å²) >= 11 is 0. The van der Waals surface area contributed by atoms with Crippen LogP contribution < -0.4 is 5.32 Å². The van der Waals surface area contributed by atoms with Crippen LogP contribution in [0.25, 0.3) is 0 Å². The molecule has 1 aromatic heterocycles. The first kappa shape index (κ1) is 14.7. The van der Waals surface area contributed by atoms with Crippen molar-refractivity contribution in [2.75, 3.05) is 7.11 Å². The number of nitrogens with one attached hydrogen (secondary N) is 1. The van der Waals surface area contributed by atoms with E-state index < -0.39 is 0 Å². The topological polar surface area (TPSA) is 73.2 Å². The number of aryl methyl sites for hydroxylation is 1. The first-order valence-electron chi connectivity index (χ1n) is 8.45. The van der Waals surface area contributed by atoms with Gasteiger partial charge >= 0.3 is 5.97 Å². The first-order chi connectivity index (χ1) is 11.1. The second-order valence-electron chi connectivity index (χ2n) is 7.31. The van der Waals surface area contributed by atoms with E-state index in [0.29, 0.717) is 11.8 Å². The van der Waals surface area contributed by atoms with Gasteiger partial charge in [0.15, 0.2) is 0 Å². The molecule has 1 heterocycles. The van der Waals surface area contributed by atoms with Gasteiger partial charge in [-0.3, -0.25) is 14.3 Å². The molecule has 3 aliphatic rings. The molecule has 3 aliphatic carbocycles. The Kier molecular flexibility index (Phi) is 3.43. The third kappa shape index (κ3) is 2.44. The summed E-state index contributed by atoms with van der Waals surface area (Å²) in [5.74, 6) is 0.885. The van der Waals surface area contributed by atoms with Crippen molar-refractivity contribution in [2.45, 2.75) is 37.6 Å². The summed E-state index contributed by atoms with van der Waals surface area (Å²) in [5.41, 5.74) is 1.13. The van der Waals surface area contributed by atoms with Gasteiger partial charge in [-0.05, 0) is 49.0 Å². The number of esters is 1. The number of rotatable bonds is 4. The van der Waals surface area contributed by atoms with Crippen LogP contribution in [0.4, 0.5) is 0 Å². The molecule has 0 aromatic carbocycles. The van der Waals surface area contributed by atoms with Crippen molar-refractivity contribution in [3.8, 4) is 0 Å². The van der Waals surface area contributed by atoms with Gasteiger partial charge in [0, 0.05) is 25.2 Å². The molecule has 2 bridgehead atoms. The van der Waals surface area contributed by atoms with Crippen LogP contribution in [0.1, 0.15) is 37.2 Å². The van der Waals surface area contributed by atoms with Crippen molar-refractivity contribution in [1.29, 1.82) is 0 Å². The van der Waals surface area contributed by atoms with E-state index in [4.69, 9.17) is 4.74 Å². The van der Waals surface area contributed by atoms with Gasteiger partial charge in [0.25, 0.3) is 0 Å². The Hall–Kier alpha value is -1.85. The maximum Gasteiger partial charge on any atom is 0.311 e. The number of hydrogen-bond donors (Lipinski definition) is 1. The van der Waals surface area contributed by atoms with Crippen LogP contribution in [0, 0.1) is 23.7 Å². The lowest BCUT2D eigenvalue weighted by Gasteiger charge is -2.29. The van der Waals surface area contributed by atoms with Crippen LogP contribution in [-0.2, 0) is 21.4 Å². The predicted octanol–water partition coefficient (Wildman–Crippen LogP) is 1.23. The Morgan fingerprint density at radius 2 is 2.09 bits per heavy atom. The molecular formula is C17H23N3O3. The SMILES string of the molecule is COC(=O)[C@@H]1[C@H]2CC[C@@H](C2)[C@@H]1NC(=O)[C@H]1C[C@H]1c1cnn(C)c1. The molecule has 3 fully saturated rings. The Morgan fingerprint density at radius 1 is 1.30 bits per heavy atom. The van der Waals surface area contributed by atoms with Crippen molar-refractivity contribution >= 4 is 11.9 Å². The lowest BCUT2D eigenvalue weighted by molar-refractivity contribution is -0.148. The number of nitrogens with zero attached hydrogens (tertiary/aromatic N) is 2. The maximum atomic E-state index is 12.6. The van der Waals surface area contributed by atoms with Crippen molar-refractivity contribution < 1.29 is 14.3 Å². The summed E-state index contributed by atoms with van der Waals surface area (Å²) in [6.45, 7) is 0. The highest BCUT2D eigenvalue weighted by atomic mass is 16.5. The van der Waals surface area contributed by atoms with Crippen molar-refractivity contribution in [2.24, 2.45) is 30.7 Å². The summed E-state index contributed by atoms with van der Waals surface area (Å²) in [5, 5.41) is 7.35. The van der Waals surface area contributed by atoms with Crippen LogP contribution >= 0.6 is 0 Å². The average molecular weight is 317 g/mol. The highest BCUT2D eigenvalue weighted by Gasteiger charge is 2.53. The fourth-order valence-electron chi connectivity index (χ4n) is 4.73. The summed E-state index contributed by atoms with van der Waals surface area (Å²) in [6.07, 6.45) is 7.93. The molecule has 124 valence electrons. The minimum absolute atomic E-state index is 0.0247. The quantitative estimate of drug-likeness (QED) is 0.848. The highest BCUT2D eigenvalue weighted by molar-refractivity contribution is 5.84. The summed E-state index contributed by atoms with van der Waals surface area (Å²) in [4.78, 5) is 24.7. The number of methoxy groups -OCH3 is 1. The number of fused-ring (bicyclic) bond motifs is 2. The van der Waals surface area contributed by atoms with E-state index in [1.807, 2.05) is 19.4 Å². The molecule has 3 saturated carbocycles. The fourth-order valence-corrected chi connectivity index (χ4v) is 4.73. The van der Waals surface area contributed by atoms with Gasteiger partial charge in [0.2, 0.25) is 5.91 Å². The molecule has 6 atom stereocenters. The zero-order valence-electron chi connectivity index (χ0n) is 13.6. The molecule has 1 amide bonds. The standard InChI is InChI=1S/C17H23N3O3/c1-20-8-11(7-18-20)12-6-13(12)16(21)19-15-10-4-3-9(5-10)14(15)17(22)23-2/h7-10,12-15H,3-6H2,1-2H3,(H,19,21)/t9-,10-,12-,13-,14+,15-/m0/s1. The number of ether oxygens (including phenoxy) is 1. The van der Waals surface area contributed by atoms with E-state index in [9.17, 15) is 9.59 Å². The van der Waals surface area contributed by atoms with E-state index in [-0.39, 0.29) is 35.7 Å². The van der Waals surface area contributed by atoms with Crippen LogP contribution in [0.5, 0.6) is 0 Å². The Labute approximate surface area is 135 Å². The highest BCUT2D eigenvalue weighted by Crippen LogP contribution is 2.51. The van der Waals surface area contributed by atoms with Crippen molar-refractivity contribution in [1.82, 2.24) is 15.1 Å². The minimum atomic E-state index is -0.165. The molecule has 1 N–H and O–H groups in total. The minimum Gasteiger partial charge on any atom is -0.469 e. The first-order valence-corrected chi connectivity index (χ1v) is 8.45. The number of amides is 1. The number of aromatic nitrogens is 2. The summed E-state index contributed by atoms with van der Waals surface area (Å²) < 4.78 is 6.74. The van der Waals surface area contributed by atoms with Gasteiger partial charge < -0.3 is 10.1 Å². The van der Waals surface area contributed by atoms with Crippen LogP contribution in [0.3, 0.4) is 0 Å². The third-order valence-corrected chi connectivity index (χ3v) is 5.98. The molecule has 23 heavy (non-hydrogen) atoms. The molecule has 0 radical (unpaired) electrons. The fraction of sp³-hybridized carbons (Fsp3) is 0.706. The van der Waals surface area contributed by atoms with Crippen LogP contribution in [0.15, 0.2) is 12.4 Å². The molecule has 0 spiro atoms. The molecular weight excluding hydrogens is 294 g/mol. The second kappa shape index (κ2) is 5.35. The molecule has 1 aromatic rings. The zero-order chi connectivity index (χ0) is 16.1. The summed E-state index contributed by atoms with van der Waals surface area (Å²) in [6, 6.07) is -0.0381. The van der Waals surface area contributed by atoms with Crippen LogP contribution in [-0.4, -0.2) is 34.8 Å². The van der Waals surface area contributed by atoms with Crippen molar-refractivity contribution in [3.05, 3.63) is 18.0 Å². The molecule has 0 saturated heterocycles. The van der Waals surface area contributed by atoms with Gasteiger partial charge in [0.1, 0.15) is 0 Å². The lowest BCUT2D eigenvalue weighted by atomic mass is 9.84. The summed E-state index contributed by atoms with van der Waals surface area (Å²) in [7, 11) is 3.32. The van der Waals surface area contributed by atoms with Gasteiger partial charge in [-0.15, -0.1) is 0 Å². The molecule has 6 heteroatoms. The van der Waals surface area contributed by atoms with E-state index in [2.05, 4.69) is 10.4 Å². The van der Waals surface area contributed by atoms with Gasteiger partial charge in [-0.25, -0.2) is 0 Å². The van der Waals surface area contributed by atoms with E-state index in [0.717, 1.165) is 31.2 Å². The van der Waals surface area contributed by atoms with Gasteiger partial charge in [-0.2, -0.15) is 5.10 Å². The van der Waals surface area contributed by atoms with Crippen LogP contribution in [0.2, 0.25) is 0 Å². The molecule has 0 unspecified atom stereocenters. The maximum absolute atomic E-state index is 12.6. The van der Waals surface area contributed by atoms with E-state index in [1.165, 1.54) is 7.11 Å². The monoisotopic (exact) mass is 317 g/mol. The zero-order valence-corrected chi connectivity index (χ0v) is 13.6. The Bertz CT molecular complexity index is 641. The molecule has 0 aliphatic heterocycles. The number of hydrogen-bond acceptors (Lipinski definition) is 4. The normalized spacial score (nSPS) is 37.7. The Morgan fingerprint density at radius 3 is 2.78 bits per heavy atom. The lowest BCUT2D eigenvalue weighted by Crippen LogP contribution is -2.47. The predicted molar refractivity (Wildman–Crippen MR) is 82.3 cm³/mol. The molecule has 6 nitrogen and oxygen atoms in total. The number of carbonyl (C=O) groups excluding carboxylic acids is 2. The van der Waals surface area contributed by atoms with E-state index >= 15 is 0 Å². The van der Waals surface area contributed by atoms with E-state index in [1.54, 1.807) is 4.68 Å². The third-order valence-electron chi connectivity index (χ3n) is 5.98. The van der Waals surface area contributed by atoms with Gasteiger partial charge in [0.05, 0.1) is 19.2 Å².